The van der Waals surface area contributed by atoms with Crippen molar-refractivity contribution in [2.45, 2.75) is 6.92 Å². The minimum Gasteiger partial charge on any atom is -0.382 e. The molecule has 0 radical (unpaired) electrons. The zero-order valence-electron chi connectivity index (χ0n) is 10.4. The Morgan fingerprint density at radius 1 is 1.37 bits per heavy atom. The maximum Gasteiger partial charge on any atom is 0.168 e. The molecule has 1 aromatic heterocycles. The van der Waals surface area contributed by atoms with Crippen LogP contribution in [0.2, 0.25) is 0 Å². The maximum atomic E-state index is 9.11. The highest BCUT2D eigenvalue weighted by molar-refractivity contribution is 5.66. The highest BCUT2D eigenvalue weighted by atomic mass is 15.3. The minimum atomic E-state index is 0.258. The van der Waals surface area contributed by atoms with Crippen LogP contribution in [0.3, 0.4) is 0 Å². The Hall–Kier alpha value is -2.99. The molecule has 0 fully saturated rings. The summed E-state index contributed by atoms with van der Waals surface area (Å²) in [5, 5.41) is 25.3. The first-order valence-corrected chi connectivity index (χ1v) is 5.74. The molecule has 1 heterocycles. The van der Waals surface area contributed by atoms with E-state index in [4.69, 9.17) is 16.3 Å². The lowest BCUT2D eigenvalue weighted by molar-refractivity contribution is 0.889. The number of nitriles is 2. The molecule has 3 N–H and O–H groups in total. The second-order valence-corrected chi connectivity index (χ2v) is 3.82. The van der Waals surface area contributed by atoms with E-state index in [1.54, 1.807) is 24.3 Å². The van der Waals surface area contributed by atoms with E-state index in [2.05, 4.69) is 16.5 Å². The molecule has 0 unspecified atom stereocenters. The fraction of sp³-hybridized carbons (Fsp3) is 0.154. The van der Waals surface area contributed by atoms with Gasteiger partial charge in [-0.05, 0) is 25.1 Å². The van der Waals surface area contributed by atoms with Crippen LogP contribution in [0.1, 0.15) is 18.1 Å². The predicted octanol–water partition coefficient (Wildman–Crippen LogP) is 1.63. The Bertz CT molecular complexity index is 686. The zero-order valence-corrected chi connectivity index (χ0v) is 10.4. The Kier molecular flexibility index (Phi) is 3.35. The van der Waals surface area contributed by atoms with Crippen LogP contribution in [-0.4, -0.2) is 16.3 Å². The largest absolute Gasteiger partial charge is 0.382 e. The summed E-state index contributed by atoms with van der Waals surface area (Å²) in [6.45, 7) is 2.55. The lowest BCUT2D eigenvalue weighted by Gasteiger charge is -2.03. The van der Waals surface area contributed by atoms with Crippen molar-refractivity contribution in [1.82, 2.24) is 9.78 Å². The SMILES string of the molecule is CCNc1nn(-c2cccc(C#N)c2)c(N)c1C#N. The third-order valence-electron chi connectivity index (χ3n) is 2.60. The average Bonchev–Trinajstić information content (AvgIpc) is 2.75. The van der Waals surface area contributed by atoms with Crippen LogP contribution in [0.15, 0.2) is 24.3 Å². The minimum absolute atomic E-state index is 0.258. The highest BCUT2D eigenvalue weighted by Gasteiger charge is 2.15. The molecule has 0 amide bonds. The number of aromatic nitrogens is 2. The van der Waals surface area contributed by atoms with Gasteiger partial charge in [0, 0.05) is 6.54 Å². The van der Waals surface area contributed by atoms with Gasteiger partial charge >= 0.3 is 0 Å². The molecule has 0 bridgehead atoms. The van der Waals surface area contributed by atoms with Gasteiger partial charge in [0.2, 0.25) is 0 Å². The van der Waals surface area contributed by atoms with Gasteiger partial charge in [-0.15, -0.1) is 5.10 Å². The molecule has 0 aliphatic carbocycles. The lowest BCUT2D eigenvalue weighted by atomic mass is 10.2. The number of nitrogen functional groups attached to an aromatic ring is 1. The summed E-state index contributed by atoms with van der Waals surface area (Å²) in [4.78, 5) is 0. The third-order valence-corrected chi connectivity index (χ3v) is 2.60. The number of nitrogens with one attached hydrogen (secondary N) is 1. The predicted molar refractivity (Wildman–Crippen MR) is 71.6 cm³/mol. The van der Waals surface area contributed by atoms with Gasteiger partial charge in [0.05, 0.1) is 17.3 Å². The van der Waals surface area contributed by atoms with E-state index in [1.165, 1.54) is 4.68 Å². The van der Waals surface area contributed by atoms with Crippen LogP contribution >= 0.6 is 0 Å². The molecule has 19 heavy (non-hydrogen) atoms. The zero-order chi connectivity index (χ0) is 13.8. The first-order valence-electron chi connectivity index (χ1n) is 5.74. The fourth-order valence-corrected chi connectivity index (χ4v) is 1.74. The Morgan fingerprint density at radius 2 is 2.16 bits per heavy atom. The molecule has 6 heteroatoms. The van der Waals surface area contributed by atoms with Gasteiger partial charge in [-0.25, -0.2) is 4.68 Å². The van der Waals surface area contributed by atoms with Crippen LogP contribution in [0.5, 0.6) is 0 Å². The van der Waals surface area contributed by atoms with Gasteiger partial charge in [0.25, 0.3) is 0 Å². The summed E-state index contributed by atoms with van der Waals surface area (Å²) < 4.78 is 1.46. The van der Waals surface area contributed by atoms with E-state index in [-0.39, 0.29) is 5.82 Å². The first kappa shape index (κ1) is 12.5. The summed E-state index contributed by atoms with van der Waals surface area (Å²) in [7, 11) is 0. The summed E-state index contributed by atoms with van der Waals surface area (Å²) in [6, 6.07) is 11.0. The summed E-state index contributed by atoms with van der Waals surface area (Å²) in [5.74, 6) is 0.707. The molecule has 0 aliphatic rings. The van der Waals surface area contributed by atoms with Crippen molar-refractivity contribution in [1.29, 1.82) is 10.5 Å². The van der Waals surface area contributed by atoms with Crippen molar-refractivity contribution >= 4 is 11.6 Å². The smallest absolute Gasteiger partial charge is 0.168 e. The molecule has 0 spiro atoms. The van der Waals surface area contributed by atoms with Crippen molar-refractivity contribution in [3.63, 3.8) is 0 Å². The van der Waals surface area contributed by atoms with Crippen LogP contribution in [-0.2, 0) is 0 Å². The molecule has 0 saturated heterocycles. The molecular formula is C13H12N6. The average molecular weight is 252 g/mol. The van der Waals surface area contributed by atoms with E-state index in [9.17, 15) is 0 Å². The molecule has 2 rings (SSSR count). The number of benzene rings is 1. The Balaban J connectivity index is 2.57. The second kappa shape index (κ2) is 5.11. The van der Waals surface area contributed by atoms with E-state index in [1.807, 2.05) is 13.0 Å². The molecule has 6 nitrogen and oxygen atoms in total. The maximum absolute atomic E-state index is 9.11. The van der Waals surface area contributed by atoms with Gasteiger partial charge < -0.3 is 11.1 Å². The van der Waals surface area contributed by atoms with E-state index in [0.29, 0.717) is 29.2 Å². The molecule has 0 atom stereocenters. The summed E-state index contributed by atoms with van der Waals surface area (Å²) in [6.07, 6.45) is 0. The van der Waals surface area contributed by atoms with Crippen LogP contribution in [0.4, 0.5) is 11.6 Å². The van der Waals surface area contributed by atoms with Crippen molar-refractivity contribution in [3.8, 4) is 17.8 Å². The molecule has 0 aliphatic heterocycles. The molecule has 94 valence electrons. The third kappa shape index (κ3) is 2.20. The van der Waals surface area contributed by atoms with Crippen molar-refractivity contribution in [3.05, 3.63) is 35.4 Å². The van der Waals surface area contributed by atoms with Gasteiger partial charge in [-0.1, -0.05) is 6.07 Å². The van der Waals surface area contributed by atoms with Gasteiger partial charge in [-0.3, -0.25) is 0 Å². The molecule has 0 saturated carbocycles. The lowest BCUT2D eigenvalue weighted by Crippen LogP contribution is -2.03. The van der Waals surface area contributed by atoms with Crippen molar-refractivity contribution in [2.75, 3.05) is 17.6 Å². The fourth-order valence-electron chi connectivity index (χ4n) is 1.74. The normalized spacial score (nSPS) is 9.63. The second-order valence-electron chi connectivity index (χ2n) is 3.82. The number of nitrogens with two attached hydrogens (primary N) is 1. The summed E-state index contributed by atoms with van der Waals surface area (Å²) in [5.41, 5.74) is 7.39. The number of hydrogen-bond acceptors (Lipinski definition) is 5. The first-order chi connectivity index (χ1) is 9.21. The van der Waals surface area contributed by atoms with Crippen LogP contribution in [0.25, 0.3) is 5.69 Å². The van der Waals surface area contributed by atoms with Gasteiger partial charge in [0.15, 0.2) is 5.82 Å². The number of anilines is 2. The van der Waals surface area contributed by atoms with Crippen molar-refractivity contribution < 1.29 is 0 Å². The summed E-state index contributed by atoms with van der Waals surface area (Å²) >= 11 is 0. The number of nitrogens with zero attached hydrogens (tertiary/aromatic N) is 4. The van der Waals surface area contributed by atoms with Gasteiger partial charge in [-0.2, -0.15) is 10.5 Å². The standard InChI is InChI=1S/C13H12N6/c1-2-17-13-11(8-15)12(16)19(18-13)10-5-3-4-9(6-10)7-14/h3-6H,2,16H2,1H3,(H,17,18). The molecular weight excluding hydrogens is 240 g/mol. The Labute approximate surface area is 110 Å². The monoisotopic (exact) mass is 252 g/mol. The molecule has 2 aromatic rings. The highest BCUT2D eigenvalue weighted by Crippen LogP contribution is 2.24. The van der Waals surface area contributed by atoms with Crippen LogP contribution < -0.4 is 11.1 Å². The number of rotatable bonds is 3. The topological polar surface area (TPSA) is 103 Å². The quantitative estimate of drug-likeness (QED) is 0.864. The molecule has 1 aromatic carbocycles. The van der Waals surface area contributed by atoms with Crippen molar-refractivity contribution in [2.24, 2.45) is 0 Å². The van der Waals surface area contributed by atoms with Gasteiger partial charge in [0.1, 0.15) is 17.5 Å². The van der Waals surface area contributed by atoms with E-state index >= 15 is 0 Å². The number of hydrogen-bond donors (Lipinski definition) is 2. The van der Waals surface area contributed by atoms with Crippen LogP contribution in [0, 0.1) is 22.7 Å². The Morgan fingerprint density at radius 3 is 2.79 bits per heavy atom. The van der Waals surface area contributed by atoms with E-state index < -0.39 is 0 Å². The van der Waals surface area contributed by atoms with E-state index in [0.717, 1.165) is 0 Å².